The molecule has 0 bridgehead atoms. The number of nitrogens with zero attached hydrogens (tertiary/aromatic N) is 6. The summed E-state index contributed by atoms with van der Waals surface area (Å²) in [6, 6.07) is 8.66. The molecule has 0 aliphatic carbocycles. The van der Waals surface area contributed by atoms with Crippen LogP contribution in [0.15, 0.2) is 70.3 Å². The number of likely N-dealkylation sites (tertiary alicyclic amines) is 1. The molecule has 40 heavy (non-hydrogen) atoms. The number of ether oxygens (including phenoxy) is 2. The molecule has 6 rings (SSSR count). The molecular formula is C28H31N8O4+. The van der Waals surface area contributed by atoms with Crippen LogP contribution in [-0.4, -0.2) is 76.7 Å². The number of hydrogen-bond acceptors (Lipinski definition) is 9. The minimum absolute atomic E-state index is 0.0294. The summed E-state index contributed by atoms with van der Waals surface area (Å²) < 4.78 is 10.3. The lowest BCUT2D eigenvalue weighted by Gasteiger charge is -2.42. The number of nitrogens with one attached hydrogen (secondary N) is 1. The summed E-state index contributed by atoms with van der Waals surface area (Å²) in [5.41, 5.74) is 2.38. The Labute approximate surface area is 231 Å². The number of carbonyl (C=O) groups excluding carboxylic acids is 2. The van der Waals surface area contributed by atoms with Crippen LogP contribution in [0.4, 0.5) is 5.95 Å². The topological polar surface area (TPSA) is 144 Å². The van der Waals surface area contributed by atoms with Gasteiger partial charge in [0, 0.05) is 36.8 Å². The normalized spacial score (nSPS) is 24.7. The van der Waals surface area contributed by atoms with Crippen molar-refractivity contribution in [1.29, 1.82) is 0 Å². The van der Waals surface area contributed by atoms with E-state index in [0.29, 0.717) is 37.0 Å². The van der Waals surface area contributed by atoms with Crippen molar-refractivity contribution in [3.63, 3.8) is 0 Å². The summed E-state index contributed by atoms with van der Waals surface area (Å²) in [7, 11) is 1.49. The molecule has 5 heterocycles. The molecule has 2 saturated heterocycles. The first-order valence-corrected chi connectivity index (χ1v) is 13.2. The summed E-state index contributed by atoms with van der Waals surface area (Å²) in [6.07, 6.45) is 8.49. The van der Waals surface area contributed by atoms with E-state index in [1.807, 2.05) is 24.0 Å². The van der Waals surface area contributed by atoms with Gasteiger partial charge in [0.1, 0.15) is 11.9 Å². The lowest BCUT2D eigenvalue weighted by atomic mass is 9.85. The molecule has 12 nitrogen and oxygen atoms in total. The number of rotatable bonds is 6. The summed E-state index contributed by atoms with van der Waals surface area (Å²) in [6.45, 7) is 4.19. The Morgan fingerprint density at radius 1 is 1.23 bits per heavy atom. The number of nitrogens with two attached hydrogens (primary N) is 1. The Hall–Kier alpha value is -4.26. The molecule has 2 fully saturated rings. The van der Waals surface area contributed by atoms with Gasteiger partial charge in [0.05, 0.1) is 43.7 Å². The first-order chi connectivity index (χ1) is 19.3. The van der Waals surface area contributed by atoms with Crippen molar-refractivity contribution in [1.82, 2.24) is 14.9 Å². The maximum Gasteiger partial charge on any atom is 0.264 e. The quantitative estimate of drug-likeness (QED) is 0.420. The fourth-order valence-corrected chi connectivity index (χ4v) is 5.46. The fraction of sp³-hybridized carbons (Fsp3) is 0.357. The first-order valence-electron chi connectivity index (χ1n) is 13.2. The minimum Gasteiger partial charge on any atom is -0.481 e. The van der Waals surface area contributed by atoms with Gasteiger partial charge in [0.2, 0.25) is 23.4 Å². The Kier molecular flexibility index (Phi) is 6.53. The number of aliphatic imine (C=N–C) groups is 2. The lowest BCUT2D eigenvalue weighted by Crippen LogP contribution is -2.55. The Bertz CT molecular complexity index is 1480. The number of piperidine rings is 1. The van der Waals surface area contributed by atoms with Crippen LogP contribution in [0.1, 0.15) is 35.7 Å². The zero-order valence-corrected chi connectivity index (χ0v) is 22.4. The fourth-order valence-electron chi connectivity index (χ4n) is 5.46. The molecule has 206 valence electrons. The molecule has 1 aromatic heterocycles. The van der Waals surface area contributed by atoms with Crippen molar-refractivity contribution in [2.24, 2.45) is 27.2 Å². The lowest BCUT2D eigenvalue weighted by molar-refractivity contribution is -0.750. The summed E-state index contributed by atoms with van der Waals surface area (Å²) >= 11 is 0. The van der Waals surface area contributed by atoms with Gasteiger partial charge >= 0.3 is 0 Å². The molecule has 2 aromatic rings. The standard InChI is InChI=1S/C28H30N8O4/c1-28(16-40-17-28)26(38)35-12-3-4-20(15-35)23-21-14-30-11-13-36(21,29)24(33-23)18-5-7-19(8-6-18)25(37)34-27-31-10-9-22(32-27)39-2/h5-11,13-14,20H,3-4,12,15-17,29H2,1-2H3/p+1/t20-,36?/m1/s1. The van der Waals surface area contributed by atoms with Crippen LogP contribution in [0.2, 0.25) is 0 Å². The van der Waals surface area contributed by atoms with Crippen LogP contribution in [0.25, 0.3) is 0 Å². The monoisotopic (exact) mass is 543 g/mol. The van der Waals surface area contributed by atoms with Gasteiger partial charge < -0.3 is 14.4 Å². The predicted molar refractivity (Wildman–Crippen MR) is 147 cm³/mol. The number of methoxy groups -OCH3 is 1. The Balaban J connectivity index is 1.24. The van der Waals surface area contributed by atoms with Gasteiger partial charge in [0.25, 0.3) is 11.7 Å². The number of aromatic nitrogens is 2. The van der Waals surface area contributed by atoms with Crippen LogP contribution in [-0.2, 0) is 9.53 Å². The second-order valence-corrected chi connectivity index (χ2v) is 10.7. The van der Waals surface area contributed by atoms with E-state index in [-0.39, 0.29) is 28.3 Å². The van der Waals surface area contributed by atoms with Crippen LogP contribution < -0.4 is 15.9 Å². The molecule has 1 aromatic carbocycles. The van der Waals surface area contributed by atoms with E-state index in [4.69, 9.17) is 20.3 Å². The number of anilines is 1. The molecule has 0 radical (unpaired) electrons. The van der Waals surface area contributed by atoms with E-state index >= 15 is 0 Å². The molecule has 12 heteroatoms. The molecule has 2 amide bonds. The van der Waals surface area contributed by atoms with E-state index in [1.54, 1.807) is 36.8 Å². The highest BCUT2D eigenvalue weighted by Gasteiger charge is 2.48. The van der Waals surface area contributed by atoms with E-state index in [0.717, 1.165) is 36.3 Å². The van der Waals surface area contributed by atoms with Crippen molar-refractivity contribution in [2.45, 2.75) is 19.8 Å². The number of allylic oxidation sites excluding steroid dienone is 1. The molecule has 4 aliphatic rings. The highest BCUT2D eigenvalue weighted by Crippen LogP contribution is 2.39. The van der Waals surface area contributed by atoms with Gasteiger partial charge in [0.15, 0.2) is 0 Å². The van der Waals surface area contributed by atoms with Crippen molar-refractivity contribution in [3.05, 3.63) is 71.4 Å². The van der Waals surface area contributed by atoms with Crippen LogP contribution in [0.5, 0.6) is 5.88 Å². The van der Waals surface area contributed by atoms with Gasteiger partial charge in [-0.15, -0.1) is 4.59 Å². The summed E-state index contributed by atoms with van der Waals surface area (Å²) in [4.78, 5) is 45.5. The number of amides is 2. The smallest absolute Gasteiger partial charge is 0.264 e. The summed E-state index contributed by atoms with van der Waals surface area (Å²) in [5.74, 6) is 7.86. The van der Waals surface area contributed by atoms with Crippen LogP contribution >= 0.6 is 0 Å². The summed E-state index contributed by atoms with van der Waals surface area (Å²) in [5, 5.41) is 2.68. The van der Waals surface area contributed by atoms with E-state index in [1.165, 1.54) is 13.3 Å². The second kappa shape index (κ2) is 10.0. The molecular weight excluding hydrogens is 512 g/mol. The third-order valence-corrected chi connectivity index (χ3v) is 7.75. The number of quaternary nitrogens is 1. The first kappa shape index (κ1) is 26.0. The highest BCUT2D eigenvalue weighted by atomic mass is 16.5. The van der Waals surface area contributed by atoms with Crippen molar-refractivity contribution < 1.29 is 23.7 Å². The molecule has 4 aliphatic heterocycles. The van der Waals surface area contributed by atoms with Crippen molar-refractivity contribution in [2.75, 3.05) is 38.7 Å². The Morgan fingerprint density at radius 2 is 2.02 bits per heavy atom. The number of fused-ring (bicyclic) bond motifs is 1. The third kappa shape index (κ3) is 4.49. The highest BCUT2D eigenvalue weighted by molar-refractivity contribution is 6.05. The molecule has 0 spiro atoms. The number of hydrogen-bond donors (Lipinski definition) is 2. The second-order valence-electron chi connectivity index (χ2n) is 10.7. The Morgan fingerprint density at radius 3 is 2.75 bits per heavy atom. The number of carbonyl (C=O) groups is 2. The predicted octanol–water partition coefficient (Wildman–Crippen LogP) is 2.23. The largest absolute Gasteiger partial charge is 0.481 e. The SMILES string of the molecule is COc1ccnc(NC(=O)c2ccc(C3=NC([C@@H]4CCCN(C(=O)C5(C)COC5)C4)=C4C=NC=C[N+]34N)cc2)n1. The maximum absolute atomic E-state index is 13.2. The van der Waals surface area contributed by atoms with Gasteiger partial charge in [-0.25, -0.2) is 4.98 Å². The van der Waals surface area contributed by atoms with Crippen molar-refractivity contribution in [3.8, 4) is 5.88 Å². The van der Waals surface area contributed by atoms with E-state index in [9.17, 15) is 9.59 Å². The van der Waals surface area contributed by atoms with Gasteiger partial charge in [-0.2, -0.15) is 15.8 Å². The molecule has 1 unspecified atom stereocenters. The maximum atomic E-state index is 13.2. The molecule has 0 saturated carbocycles. The van der Waals surface area contributed by atoms with Gasteiger partial charge in [-0.3, -0.25) is 19.9 Å². The average Bonchev–Trinajstić information content (AvgIpc) is 3.28. The zero-order valence-electron chi connectivity index (χ0n) is 22.4. The van der Waals surface area contributed by atoms with E-state index in [2.05, 4.69) is 20.3 Å². The third-order valence-electron chi connectivity index (χ3n) is 7.75. The van der Waals surface area contributed by atoms with Crippen molar-refractivity contribution >= 4 is 29.8 Å². The van der Waals surface area contributed by atoms with E-state index < -0.39 is 5.41 Å². The molecule has 2 atom stereocenters. The minimum atomic E-state index is -0.445. The van der Waals surface area contributed by atoms with Crippen LogP contribution in [0, 0.1) is 11.3 Å². The number of amidine groups is 1. The average molecular weight is 544 g/mol. The van der Waals surface area contributed by atoms with Crippen LogP contribution in [0.3, 0.4) is 0 Å². The van der Waals surface area contributed by atoms with Gasteiger partial charge in [-0.05, 0) is 44.0 Å². The zero-order chi connectivity index (χ0) is 27.9. The molecule has 3 N–H and O–H groups in total. The van der Waals surface area contributed by atoms with Gasteiger partial charge in [-0.1, -0.05) is 0 Å². The number of benzene rings is 1.